The van der Waals surface area contributed by atoms with Gasteiger partial charge in [0, 0.05) is 0 Å². The van der Waals surface area contributed by atoms with E-state index in [9.17, 15) is 9.46 Å². The SMILES string of the molecule is C/C=C/COP(=O)([O-])Oc1ccccc1.[Al+3]. The Hall–Kier alpha value is -0.558. The molecule has 1 aromatic rings. The van der Waals surface area contributed by atoms with Gasteiger partial charge in [-0.25, -0.2) is 0 Å². The molecule has 0 aliphatic rings. The van der Waals surface area contributed by atoms with Crippen molar-refractivity contribution in [2.45, 2.75) is 6.92 Å². The number of para-hydroxylation sites is 1. The second-order valence-electron chi connectivity index (χ2n) is 2.72. The molecule has 1 unspecified atom stereocenters. The van der Waals surface area contributed by atoms with Crippen LogP contribution in [-0.4, -0.2) is 24.0 Å². The van der Waals surface area contributed by atoms with Crippen molar-refractivity contribution < 1.29 is 18.5 Å². The van der Waals surface area contributed by atoms with Crippen LogP contribution in [0.15, 0.2) is 42.5 Å². The largest absolute Gasteiger partial charge is 3.00 e. The van der Waals surface area contributed by atoms with E-state index in [1.54, 1.807) is 49.4 Å². The zero-order valence-electron chi connectivity index (χ0n) is 8.91. The van der Waals surface area contributed by atoms with Gasteiger partial charge < -0.3 is 13.9 Å². The molecule has 1 rings (SSSR count). The van der Waals surface area contributed by atoms with Crippen LogP contribution in [0.25, 0.3) is 0 Å². The molecule has 0 aliphatic carbocycles. The van der Waals surface area contributed by atoms with Crippen molar-refractivity contribution in [3.63, 3.8) is 0 Å². The van der Waals surface area contributed by atoms with Crippen LogP contribution >= 0.6 is 7.82 Å². The summed E-state index contributed by atoms with van der Waals surface area (Å²) in [5, 5.41) is 0. The maximum Gasteiger partial charge on any atom is 3.00 e. The third-order valence-corrected chi connectivity index (χ3v) is 2.42. The van der Waals surface area contributed by atoms with Crippen molar-refractivity contribution in [3.8, 4) is 5.75 Å². The molecule has 16 heavy (non-hydrogen) atoms. The van der Waals surface area contributed by atoms with E-state index in [0.717, 1.165) is 0 Å². The van der Waals surface area contributed by atoms with E-state index >= 15 is 0 Å². The molecule has 0 saturated heterocycles. The fourth-order valence-corrected chi connectivity index (χ4v) is 1.57. The smallest absolute Gasteiger partial charge is 0.746 e. The summed E-state index contributed by atoms with van der Waals surface area (Å²) in [6.45, 7) is 1.77. The average molecular weight is 254 g/mol. The predicted molar refractivity (Wildman–Crippen MR) is 61.2 cm³/mol. The average Bonchev–Trinajstić information content (AvgIpc) is 2.18. The van der Waals surface area contributed by atoms with Crippen molar-refractivity contribution in [1.82, 2.24) is 0 Å². The van der Waals surface area contributed by atoms with E-state index in [1.165, 1.54) is 0 Å². The summed E-state index contributed by atoms with van der Waals surface area (Å²) in [6, 6.07) is 8.22. The molecule has 0 saturated carbocycles. The van der Waals surface area contributed by atoms with Crippen LogP contribution in [0.3, 0.4) is 0 Å². The molecule has 0 spiro atoms. The third kappa shape index (κ3) is 6.12. The van der Waals surface area contributed by atoms with Crippen molar-refractivity contribution in [3.05, 3.63) is 42.5 Å². The number of phosphoric acid groups is 1. The van der Waals surface area contributed by atoms with Gasteiger partial charge in [-0.05, 0) is 19.1 Å². The van der Waals surface area contributed by atoms with Gasteiger partial charge >= 0.3 is 25.2 Å². The number of rotatable bonds is 5. The molecule has 0 bridgehead atoms. The topological polar surface area (TPSA) is 58.6 Å². The zero-order chi connectivity index (χ0) is 11.1. The Labute approximate surface area is 106 Å². The number of hydrogen-bond donors (Lipinski definition) is 0. The molecule has 1 atom stereocenters. The number of hydrogen-bond acceptors (Lipinski definition) is 4. The molecule has 4 nitrogen and oxygen atoms in total. The molecular formula is C10H12AlO4P+2. The molecule has 0 amide bonds. The molecule has 0 aliphatic heterocycles. The quantitative estimate of drug-likeness (QED) is 0.456. The Morgan fingerprint density at radius 3 is 2.56 bits per heavy atom. The van der Waals surface area contributed by atoms with E-state index in [-0.39, 0.29) is 29.7 Å². The number of benzene rings is 1. The van der Waals surface area contributed by atoms with Gasteiger partial charge in [0.05, 0.1) is 6.61 Å². The summed E-state index contributed by atoms with van der Waals surface area (Å²) in [4.78, 5) is 11.2. The van der Waals surface area contributed by atoms with Gasteiger partial charge in [0.15, 0.2) is 0 Å². The Bertz CT molecular complexity index is 366. The first-order chi connectivity index (χ1) is 7.14. The zero-order valence-corrected chi connectivity index (χ0v) is 11.0. The summed E-state index contributed by atoms with van der Waals surface area (Å²) in [5.74, 6) is 0.247. The van der Waals surface area contributed by atoms with Crippen molar-refractivity contribution in [2.24, 2.45) is 0 Å². The van der Waals surface area contributed by atoms with Gasteiger partial charge in [0.1, 0.15) is 5.75 Å². The molecule has 0 N–H and O–H groups in total. The first-order valence-electron chi connectivity index (χ1n) is 4.45. The minimum Gasteiger partial charge on any atom is -0.746 e. The number of allylic oxidation sites excluding steroid dienone is 1. The fourth-order valence-electron chi connectivity index (χ4n) is 0.867. The molecule has 1 aromatic carbocycles. The molecule has 0 heterocycles. The van der Waals surface area contributed by atoms with Crippen LogP contribution in [0, 0.1) is 0 Å². The minimum atomic E-state index is -4.25. The normalized spacial score (nSPS) is 14.1. The minimum absolute atomic E-state index is 0. The van der Waals surface area contributed by atoms with Gasteiger partial charge in [0.2, 0.25) is 0 Å². The second kappa shape index (κ2) is 7.67. The van der Waals surface area contributed by atoms with Gasteiger partial charge in [-0.2, -0.15) is 0 Å². The van der Waals surface area contributed by atoms with E-state index < -0.39 is 7.82 Å². The Kier molecular flexibility index (Phi) is 7.41. The first-order valence-corrected chi connectivity index (χ1v) is 5.91. The summed E-state index contributed by atoms with van der Waals surface area (Å²) >= 11 is 0. The van der Waals surface area contributed by atoms with Gasteiger partial charge in [-0.1, -0.05) is 30.4 Å². The maximum absolute atomic E-state index is 11.2. The molecule has 6 heteroatoms. The van der Waals surface area contributed by atoms with E-state index in [4.69, 9.17) is 4.52 Å². The van der Waals surface area contributed by atoms with Crippen molar-refractivity contribution >= 4 is 25.2 Å². The van der Waals surface area contributed by atoms with Gasteiger partial charge in [-0.3, -0.25) is 4.57 Å². The first kappa shape index (κ1) is 15.4. The second-order valence-corrected chi connectivity index (χ2v) is 4.05. The van der Waals surface area contributed by atoms with Crippen LogP contribution < -0.4 is 9.42 Å². The predicted octanol–water partition coefficient (Wildman–Crippen LogP) is 1.75. The molecule has 82 valence electrons. The summed E-state index contributed by atoms with van der Waals surface area (Å²) < 4.78 is 20.5. The standard InChI is InChI=1S/C10H13O4P.Al/c1-2-3-9-13-15(11,12)14-10-7-5-4-6-8-10;/h2-8H,9H2,1H3,(H,11,12);/q;+3/p-1/b3-2+;. The summed E-state index contributed by atoms with van der Waals surface area (Å²) in [5.41, 5.74) is 0. The van der Waals surface area contributed by atoms with Crippen LogP contribution in [0.1, 0.15) is 6.92 Å². The van der Waals surface area contributed by atoms with Crippen LogP contribution in [-0.2, 0) is 9.09 Å². The van der Waals surface area contributed by atoms with Gasteiger partial charge in [0.25, 0.3) is 0 Å². The van der Waals surface area contributed by atoms with E-state index in [1.807, 2.05) is 0 Å². The monoisotopic (exact) mass is 254 g/mol. The maximum atomic E-state index is 11.2. The van der Waals surface area contributed by atoms with Crippen LogP contribution in [0.5, 0.6) is 5.75 Å². The van der Waals surface area contributed by atoms with Crippen molar-refractivity contribution in [2.75, 3.05) is 6.61 Å². The summed E-state index contributed by atoms with van der Waals surface area (Å²) in [6.07, 6.45) is 3.28. The Morgan fingerprint density at radius 1 is 1.38 bits per heavy atom. The Balaban J connectivity index is 0.00000225. The van der Waals surface area contributed by atoms with Crippen LogP contribution in [0.2, 0.25) is 0 Å². The van der Waals surface area contributed by atoms with Crippen molar-refractivity contribution in [1.29, 1.82) is 0 Å². The molecular weight excluding hydrogens is 242 g/mol. The summed E-state index contributed by atoms with van der Waals surface area (Å²) in [7, 11) is -4.25. The molecule has 0 aromatic heterocycles. The Morgan fingerprint density at radius 2 is 2.00 bits per heavy atom. The third-order valence-electron chi connectivity index (χ3n) is 1.52. The van der Waals surface area contributed by atoms with Crippen LogP contribution in [0.4, 0.5) is 0 Å². The van der Waals surface area contributed by atoms with E-state index in [2.05, 4.69) is 4.52 Å². The molecule has 0 radical (unpaired) electrons. The molecule has 0 fully saturated rings. The van der Waals surface area contributed by atoms with Gasteiger partial charge in [-0.15, -0.1) is 0 Å². The van der Waals surface area contributed by atoms with E-state index in [0.29, 0.717) is 0 Å². The number of phosphoric ester groups is 1. The fraction of sp³-hybridized carbons (Fsp3) is 0.200.